The molecule has 1 saturated heterocycles. The molecule has 1 fully saturated rings. The summed E-state index contributed by atoms with van der Waals surface area (Å²) in [7, 11) is 1.67. The van der Waals surface area contributed by atoms with Crippen LogP contribution in [0.5, 0.6) is 11.5 Å². The zero-order valence-corrected chi connectivity index (χ0v) is 14.0. The van der Waals surface area contributed by atoms with Gasteiger partial charge in [-0.25, -0.2) is 0 Å². The fourth-order valence-corrected chi connectivity index (χ4v) is 3.04. The molecule has 1 heterocycles. The van der Waals surface area contributed by atoms with E-state index in [2.05, 4.69) is 4.90 Å². The van der Waals surface area contributed by atoms with Crippen molar-refractivity contribution in [1.29, 1.82) is 0 Å². The average Bonchev–Trinajstić information content (AvgIpc) is 2.63. The van der Waals surface area contributed by atoms with Crippen LogP contribution in [0.1, 0.15) is 15.9 Å². The van der Waals surface area contributed by atoms with E-state index in [0.29, 0.717) is 24.2 Å². The molecular weight excluding hydrogens is 304 g/mol. The second-order valence-corrected chi connectivity index (χ2v) is 5.92. The monoisotopic (exact) mass is 326 g/mol. The van der Waals surface area contributed by atoms with Crippen molar-refractivity contribution in [2.24, 2.45) is 0 Å². The Bertz CT molecular complexity index is 737. The number of benzene rings is 2. The van der Waals surface area contributed by atoms with Gasteiger partial charge in [0.15, 0.2) is 0 Å². The van der Waals surface area contributed by atoms with E-state index < -0.39 is 0 Å². The van der Waals surface area contributed by atoms with Gasteiger partial charge >= 0.3 is 0 Å². The lowest BCUT2D eigenvalue weighted by Gasteiger charge is -2.36. The van der Waals surface area contributed by atoms with Crippen LogP contribution in [-0.4, -0.2) is 49.2 Å². The lowest BCUT2D eigenvalue weighted by molar-refractivity contribution is 0.0743. The molecule has 5 heteroatoms. The number of carbonyl (C=O) groups excluding carboxylic acids is 1. The molecule has 1 amide bonds. The highest BCUT2D eigenvalue weighted by Gasteiger charge is 2.25. The van der Waals surface area contributed by atoms with Gasteiger partial charge in [0.25, 0.3) is 5.91 Å². The van der Waals surface area contributed by atoms with Crippen molar-refractivity contribution in [1.82, 2.24) is 4.90 Å². The van der Waals surface area contributed by atoms with E-state index in [-0.39, 0.29) is 11.7 Å². The zero-order chi connectivity index (χ0) is 17.1. The van der Waals surface area contributed by atoms with Crippen molar-refractivity contribution in [3.8, 4) is 11.5 Å². The predicted octanol–water partition coefficient (Wildman–Crippen LogP) is 2.67. The number of anilines is 1. The van der Waals surface area contributed by atoms with Crippen LogP contribution < -0.4 is 9.64 Å². The van der Waals surface area contributed by atoms with Gasteiger partial charge in [-0.2, -0.15) is 0 Å². The normalized spacial score (nSPS) is 14.6. The van der Waals surface area contributed by atoms with Gasteiger partial charge in [0.05, 0.1) is 18.4 Å². The quantitative estimate of drug-likeness (QED) is 0.942. The third kappa shape index (κ3) is 3.02. The van der Waals surface area contributed by atoms with Crippen molar-refractivity contribution in [2.45, 2.75) is 6.92 Å². The Morgan fingerprint density at radius 1 is 1.04 bits per heavy atom. The van der Waals surface area contributed by atoms with Gasteiger partial charge in [-0.3, -0.25) is 4.79 Å². The molecule has 1 aliphatic rings. The van der Waals surface area contributed by atoms with Crippen molar-refractivity contribution < 1.29 is 14.6 Å². The second kappa shape index (κ2) is 6.83. The van der Waals surface area contributed by atoms with Crippen molar-refractivity contribution in [3.63, 3.8) is 0 Å². The van der Waals surface area contributed by atoms with E-state index in [1.54, 1.807) is 37.1 Å². The average molecular weight is 326 g/mol. The van der Waals surface area contributed by atoms with Gasteiger partial charge in [0.2, 0.25) is 0 Å². The first-order valence-electron chi connectivity index (χ1n) is 8.07. The molecule has 0 aromatic heterocycles. The summed E-state index contributed by atoms with van der Waals surface area (Å²) in [4.78, 5) is 16.7. The van der Waals surface area contributed by atoms with E-state index in [9.17, 15) is 9.90 Å². The number of aromatic hydroxyl groups is 1. The molecule has 0 spiro atoms. The standard InChI is InChI=1S/C19H22N2O3/c1-14-6-5-7-15(18(14)22)19(23)21-12-10-20(11-13-21)16-8-3-4-9-17(16)24-2/h3-9,22H,10-13H2,1-2H3. The fourth-order valence-electron chi connectivity index (χ4n) is 3.04. The summed E-state index contributed by atoms with van der Waals surface area (Å²) in [5, 5.41) is 10.1. The molecule has 5 nitrogen and oxygen atoms in total. The minimum Gasteiger partial charge on any atom is -0.507 e. The molecule has 2 aromatic carbocycles. The fraction of sp³-hybridized carbons (Fsp3) is 0.316. The SMILES string of the molecule is COc1ccccc1N1CCN(C(=O)c2cccc(C)c2O)CC1. The van der Waals surface area contributed by atoms with E-state index in [1.165, 1.54) is 0 Å². The van der Waals surface area contributed by atoms with Crippen molar-refractivity contribution in [2.75, 3.05) is 38.2 Å². The molecule has 0 unspecified atom stereocenters. The van der Waals surface area contributed by atoms with E-state index >= 15 is 0 Å². The minimum absolute atomic E-state index is 0.0784. The number of para-hydroxylation sites is 3. The van der Waals surface area contributed by atoms with Crippen LogP contribution in [0.25, 0.3) is 0 Å². The lowest BCUT2D eigenvalue weighted by atomic mass is 10.1. The molecular formula is C19H22N2O3. The highest BCUT2D eigenvalue weighted by molar-refractivity contribution is 5.97. The molecule has 126 valence electrons. The molecule has 24 heavy (non-hydrogen) atoms. The number of ether oxygens (including phenoxy) is 1. The maximum atomic E-state index is 12.7. The summed E-state index contributed by atoms with van der Waals surface area (Å²) in [5.41, 5.74) is 2.14. The van der Waals surface area contributed by atoms with Crippen LogP contribution in [0.4, 0.5) is 5.69 Å². The number of rotatable bonds is 3. The third-order valence-electron chi connectivity index (χ3n) is 4.46. The molecule has 2 aromatic rings. The number of phenols is 1. The maximum Gasteiger partial charge on any atom is 0.257 e. The third-order valence-corrected chi connectivity index (χ3v) is 4.46. The number of phenolic OH excluding ortho intramolecular Hbond substituents is 1. The highest BCUT2D eigenvalue weighted by atomic mass is 16.5. The van der Waals surface area contributed by atoms with Gasteiger partial charge in [0.1, 0.15) is 11.5 Å². The topological polar surface area (TPSA) is 53.0 Å². The molecule has 0 saturated carbocycles. The van der Waals surface area contributed by atoms with Crippen LogP contribution in [-0.2, 0) is 0 Å². The summed E-state index contributed by atoms with van der Waals surface area (Å²) in [6, 6.07) is 13.2. The lowest BCUT2D eigenvalue weighted by Crippen LogP contribution is -2.48. The second-order valence-electron chi connectivity index (χ2n) is 5.92. The van der Waals surface area contributed by atoms with Crippen LogP contribution in [0.15, 0.2) is 42.5 Å². The molecule has 0 atom stereocenters. The van der Waals surface area contributed by atoms with Gasteiger partial charge in [-0.1, -0.05) is 24.3 Å². The number of carbonyl (C=O) groups is 1. The van der Waals surface area contributed by atoms with Gasteiger partial charge in [-0.15, -0.1) is 0 Å². The van der Waals surface area contributed by atoms with E-state index in [4.69, 9.17) is 4.74 Å². The first-order chi connectivity index (χ1) is 11.6. The maximum absolute atomic E-state index is 12.7. The van der Waals surface area contributed by atoms with Gasteiger partial charge in [0, 0.05) is 26.2 Å². The number of hydrogen-bond donors (Lipinski definition) is 1. The van der Waals surface area contributed by atoms with Gasteiger partial charge in [-0.05, 0) is 30.7 Å². The number of nitrogens with zero attached hydrogens (tertiary/aromatic N) is 2. The summed E-state index contributed by atoms with van der Waals surface area (Å²) in [6.45, 7) is 4.50. The first kappa shape index (κ1) is 16.2. The summed E-state index contributed by atoms with van der Waals surface area (Å²) in [6.07, 6.45) is 0. The Kier molecular flexibility index (Phi) is 4.60. The Morgan fingerprint density at radius 2 is 1.75 bits per heavy atom. The molecule has 0 radical (unpaired) electrons. The molecule has 1 aliphatic heterocycles. The van der Waals surface area contributed by atoms with Crippen LogP contribution >= 0.6 is 0 Å². The highest BCUT2D eigenvalue weighted by Crippen LogP contribution is 2.29. The predicted molar refractivity (Wildman–Crippen MR) is 94.0 cm³/mol. The number of hydrogen-bond acceptors (Lipinski definition) is 4. The number of amides is 1. The van der Waals surface area contributed by atoms with E-state index in [0.717, 1.165) is 24.5 Å². The van der Waals surface area contributed by atoms with E-state index in [1.807, 2.05) is 24.3 Å². The summed E-state index contributed by atoms with van der Waals surface area (Å²) >= 11 is 0. The zero-order valence-electron chi connectivity index (χ0n) is 14.0. The molecule has 0 aliphatic carbocycles. The number of aryl methyl sites for hydroxylation is 1. The summed E-state index contributed by atoms with van der Waals surface area (Å²) in [5.74, 6) is 0.805. The Hall–Kier alpha value is -2.69. The molecule has 3 rings (SSSR count). The molecule has 0 bridgehead atoms. The Balaban J connectivity index is 1.71. The largest absolute Gasteiger partial charge is 0.507 e. The number of methoxy groups -OCH3 is 1. The summed E-state index contributed by atoms with van der Waals surface area (Å²) < 4.78 is 5.42. The van der Waals surface area contributed by atoms with Crippen LogP contribution in [0.2, 0.25) is 0 Å². The minimum atomic E-state index is -0.115. The van der Waals surface area contributed by atoms with Crippen molar-refractivity contribution >= 4 is 11.6 Å². The van der Waals surface area contributed by atoms with Crippen molar-refractivity contribution in [3.05, 3.63) is 53.6 Å². The smallest absolute Gasteiger partial charge is 0.257 e. The molecule has 1 N–H and O–H groups in total. The Labute approximate surface area is 142 Å². The number of piperazine rings is 1. The first-order valence-corrected chi connectivity index (χ1v) is 8.07. The van der Waals surface area contributed by atoms with Gasteiger partial charge < -0.3 is 19.6 Å². The van der Waals surface area contributed by atoms with Crippen LogP contribution in [0.3, 0.4) is 0 Å². The van der Waals surface area contributed by atoms with Crippen LogP contribution in [0, 0.1) is 6.92 Å². The Morgan fingerprint density at radius 3 is 2.46 bits per heavy atom.